The first kappa shape index (κ1) is 34.8. The maximum atomic E-state index is 9.30. The zero-order valence-corrected chi connectivity index (χ0v) is 32.6. The first-order valence-corrected chi connectivity index (χ1v) is 18.6. The Hall–Kier alpha value is -3.01. The highest BCUT2D eigenvalue weighted by molar-refractivity contribution is 14.1. The molecule has 0 amide bonds. The van der Waals surface area contributed by atoms with E-state index in [4.69, 9.17) is 0 Å². The van der Waals surface area contributed by atoms with Crippen LogP contribution in [0.5, 0.6) is 0 Å². The Morgan fingerprint density at radius 2 is 0.896 bits per heavy atom. The van der Waals surface area contributed by atoms with Gasteiger partial charge in [-0.15, -0.1) is 0 Å². The van der Waals surface area contributed by atoms with Crippen molar-refractivity contribution in [1.82, 2.24) is 0 Å². The first-order valence-electron chi connectivity index (χ1n) is 15.9. The smallest absolute Gasteiger partial charge is 0.423 e. The second kappa shape index (κ2) is 14.1. The van der Waals surface area contributed by atoms with Gasteiger partial charge in [0.15, 0.2) is 0 Å². The fourth-order valence-corrected chi connectivity index (χ4v) is 7.73. The molecule has 6 aromatic carbocycles. The zero-order valence-electron chi connectivity index (χ0n) is 27.3. The van der Waals surface area contributed by atoms with Crippen LogP contribution in [0.4, 0.5) is 0 Å². The molecule has 0 unspecified atom stereocenters. The van der Waals surface area contributed by atoms with E-state index in [0.29, 0.717) is 5.46 Å². The fraction of sp³-hybridized carbons (Fsp3) is 0.143. The van der Waals surface area contributed by atoms with Crippen LogP contribution in [0.15, 0.2) is 142 Å². The van der Waals surface area contributed by atoms with Crippen LogP contribution >= 0.6 is 54.5 Å². The van der Waals surface area contributed by atoms with E-state index >= 15 is 0 Å². The number of halogens is 3. The molecular formula is C42H36BBr2IO2. The Morgan fingerprint density at radius 3 is 1.40 bits per heavy atom. The summed E-state index contributed by atoms with van der Waals surface area (Å²) in [5, 5.41) is 18.6. The SMILES string of the molecule is Brc1ccc(I)cc1.CC1(C)c2ccccc2-c2ccc(-c3ccc(Br)cc3)cc21.CC1(C)c2ccccc2-c2ccc(B(O)O)cc21. The molecule has 8 rings (SSSR count). The number of benzene rings is 6. The van der Waals surface area contributed by atoms with Crippen molar-refractivity contribution in [2.45, 2.75) is 38.5 Å². The van der Waals surface area contributed by atoms with Crippen LogP contribution in [0.2, 0.25) is 0 Å². The molecule has 0 aromatic heterocycles. The van der Waals surface area contributed by atoms with Gasteiger partial charge in [-0.2, -0.15) is 0 Å². The van der Waals surface area contributed by atoms with Crippen molar-refractivity contribution in [2.24, 2.45) is 0 Å². The van der Waals surface area contributed by atoms with Crippen molar-refractivity contribution in [2.75, 3.05) is 0 Å². The third-order valence-electron chi connectivity index (χ3n) is 9.47. The fourth-order valence-electron chi connectivity index (χ4n) is 6.84. The van der Waals surface area contributed by atoms with E-state index in [0.717, 1.165) is 14.5 Å². The van der Waals surface area contributed by atoms with Gasteiger partial charge in [-0.25, -0.2) is 0 Å². The molecule has 0 bridgehead atoms. The van der Waals surface area contributed by atoms with Crippen molar-refractivity contribution in [3.8, 4) is 33.4 Å². The van der Waals surface area contributed by atoms with Gasteiger partial charge >= 0.3 is 7.12 Å². The van der Waals surface area contributed by atoms with Crippen LogP contribution in [0.3, 0.4) is 0 Å². The molecule has 6 aromatic rings. The summed E-state index contributed by atoms with van der Waals surface area (Å²) in [6.45, 7) is 8.99. The summed E-state index contributed by atoms with van der Waals surface area (Å²) in [7, 11) is -1.41. The van der Waals surface area contributed by atoms with E-state index in [9.17, 15) is 10.0 Å². The predicted octanol–water partition coefficient (Wildman–Crippen LogP) is 11.1. The maximum Gasteiger partial charge on any atom is 0.488 e. The molecule has 2 N–H and O–H groups in total. The highest BCUT2D eigenvalue weighted by atomic mass is 127. The summed E-state index contributed by atoms with van der Waals surface area (Å²) in [6.07, 6.45) is 0. The lowest BCUT2D eigenvalue weighted by Crippen LogP contribution is -2.31. The van der Waals surface area contributed by atoms with Gasteiger partial charge < -0.3 is 10.0 Å². The van der Waals surface area contributed by atoms with E-state index in [1.165, 1.54) is 53.6 Å². The summed E-state index contributed by atoms with van der Waals surface area (Å²) < 4.78 is 3.52. The maximum absolute atomic E-state index is 9.30. The molecule has 2 aliphatic rings. The topological polar surface area (TPSA) is 40.5 Å². The highest BCUT2D eigenvalue weighted by Crippen LogP contribution is 2.50. The summed E-state index contributed by atoms with van der Waals surface area (Å²) >= 11 is 9.12. The summed E-state index contributed by atoms with van der Waals surface area (Å²) in [5.41, 5.74) is 13.6. The van der Waals surface area contributed by atoms with E-state index < -0.39 is 7.12 Å². The minimum Gasteiger partial charge on any atom is -0.423 e. The lowest BCUT2D eigenvalue weighted by atomic mass is 9.75. The molecule has 48 heavy (non-hydrogen) atoms. The standard InChI is InChI=1S/C21H17Br.C15H15BO2.C6H4BrI/c1-21(2)19-6-4-3-5-17(19)18-12-9-15(13-20(18)21)14-7-10-16(22)11-8-14;1-15(2)13-6-4-3-5-11(13)12-8-7-10(16(17)18)9-14(12)15;7-5-1-3-6(8)4-2-5/h3-13H,1-2H3;3-9,17-18H,1-2H3;1-4H. The van der Waals surface area contributed by atoms with Gasteiger partial charge in [-0.1, -0.05) is 151 Å². The van der Waals surface area contributed by atoms with Crippen molar-refractivity contribution >= 4 is 67.0 Å². The molecule has 2 aliphatic carbocycles. The molecule has 0 atom stereocenters. The molecule has 2 nitrogen and oxygen atoms in total. The predicted molar refractivity (Wildman–Crippen MR) is 218 cm³/mol. The van der Waals surface area contributed by atoms with Gasteiger partial charge in [0, 0.05) is 23.3 Å². The zero-order chi connectivity index (χ0) is 34.2. The molecule has 0 heterocycles. The molecule has 240 valence electrons. The summed E-state index contributed by atoms with van der Waals surface area (Å²) in [5.74, 6) is 0. The molecule has 0 saturated heterocycles. The largest absolute Gasteiger partial charge is 0.488 e. The first-order chi connectivity index (χ1) is 22.9. The Bertz CT molecular complexity index is 2070. The molecular weight excluding hydrogens is 834 g/mol. The minimum atomic E-state index is -1.41. The van der Waals surface area contributed by atoms with E-state index in [1.807, 2.05) is 36.4 Å². The highest BCUT2D eigenvalue weighted by Gasteiger charge is 2.36. The van der Waals surface area contributed by atoms with Crippen molar-refractivity contribution in [3.05, 3.63) is 168 Å². The van der Waals surface area contributed by atoms with E-state index in [-0.39, 0.29) is 10.8 Å². The van der Waals surface area contributed by atoms with Gasteiger partial charge in [0.2, 0.25) is 0 Å². The van der Waals surface area contributed by atoms with Gasteiger partial charge in [0.05, 0.1) is 0 Å². The Labute approximate surface area is 314 Å². The molecule has 0 fully saturated rings. The molecule has 0 radical (unpaired) electrons. The Balaban J connectivity index is 0.000000138. The van der Waals surface area contributed by atoms with E-state index in [1.54, 1.807) is 6.07 Å². The van der Waals surface area contributed by atoms with Crippen LogP contribution in [-0.2, 0) is 10.8 Å². The van der Waals surface area contributed by atoms with Crippen molar-refractivity contribution in [1.29, 1.82) is 0 Å². The molecule has 0 spiro atoms. The Morgan fingerprint density at radius 1 is 0.479 bits per heavy atom. The number of hydrogen-bond acceptors (Lipinski definition) is 2. The lowest BCUT2D eigenvalue weighted by Gasteiger charge is -2.22. The number of rotatable bonds is 2. The molecule has 0 aliphatic heterocycles. The third-order valence-corrected chi connectivity index (χ3v) is 11.2. The third kappa shape index (κ3) is 6.88. The normalized spacial score (nSPS) is 13.9. The van der Waals surface area contributed by atoms with Crippen LogP contribution in [-0.4, -0.2) is 17.2 Å². The quantitative estimate of drug-likeness (QED) is 0.134. The molecule has 0 saturated carbocycles. The van der Waals surface area contributed by atoms with Crippen molar-refractivity contribution < 1.29 is 10.0 Å². The second-order valence-corrected chi connectivity index (χ2v) is 16.3. The van der Waals surface area contributed by atoms with Crippen molar-refractivity contribution in [3.63, 3.8) is 0 Å². The average Bonchev–Trinajstić information content (AvgIpc) is 3.46. The van der Waals surface area contributed by atoms with Gasteiger partial charge in [0.25, 0.3) is 0 Å². The second-order valence-electron chi connectivity index (χ2n) is 13.2. The number of fused-ring (bicyclic) bond motifs is 6. The minimum absolute atomic E-state index is 0.0668. The van der Waals surface area contributed by atoms with Gasteiger partial charge in [0.1, 0.15) is 0 Å². The number of hydrogen-bond donors (Lipinski definition) is 2. The summed E-state index contributed by atoms with van der Waals surface area (Å²) in [6, 6.07) is 46.4. The van der Waals surface area contributed by atoms with Crippen LogP contribution < -0.4 is 5.46 Å². The van der Waals surface area contributed by atoms with E-state index in [2.05, 4.69) is 173 Å². The van der Waals surface area contributed by atoms with Crippen LogP contribution in [0, 0.1) is 3.57 Å². The monoisotopic (exact) mass is 868 g/mol. The van der Waals surface area contributed by atoms with Gasteiger partial charge in [-0.3, -0.25) is 0 Å². The van der Waals surface area contributed by atoms with Gasteiger partial charge in [-0.05, 0) is 126 Å². The molecule has 6 heteroatoms. The lowest BCUT2D eigenvalue weighted by molar-refractivity contribution is 0.425. The van der Waals surface area contributed by atoms with Crippen LogP contribution in [0.1, 0.15) is 49.9 Å². The van der Waals surface area contributed by atoms with Crippen LogP contribution in [0.25, 0.3) is 33.4 Å². The Kier molecular flexibility index (Phi) is 10.2. The average molecular weight is 870 g/mol. The summed E-state index contributed by atoms with van der Waals surface area (Å²) in [4.78, 5) is 0.